The SMILES string of the molecule is COc1cccc(/C=N\NC(=O)C(=O)Nc2ccccc2C)c1OCC(=O)NCc1ccccc1. The largest absolute Gasteiger partial charge is 0.493 e. The lowest BCUT2D eigenvalue weighted by Gasteiger charge is -2.13. The van der Waals surface area contributed by atoms with Gasteiger partial charge in [0.1, 0.15) is 0 Å². The number of carbonyl (C=O) groups is 3. The van der Waals surface area contributed by atoms with Crippen LogP contribution >= 0.6 is 0 Å². The summed E-state index contributed by atoms with van der Waals surface area (Å²) in [5.74, 6) is -1.45. The average Bonchev–Trinajstić information content (AvgIpc) is 2.88. The maximum Gasteiger partial charge on any atom is 0.329 e. The minimum absolute atomic E-state index is 0.251. The van der Waals surface area contributed by atoms with Crippen LogP contribution in [0.1, 0.15) is 16.7 Å². The number of para-hydroxylation sites is 2. The molecule has 0 spiro atoms. The van der Waals surface area contributed by atoms with Gasteiger partial charge >= 0.3 is 11.8 Å². The topological polar surface area (TPSA) is 118 Å². The molecule has 0 heterocycles. The van der Waals surface area contributed by atoms with Gasteiger partial charge in [0.15, 0.2) is 18.1 Å². The first-order chi connectivity index (χ1) is 17.0. The lowest BCUT2D eigenvalue weighted by atomic mass is 10.2. The quantitative estimate of drug-likeness (QED) is 0.250. The fourth-order valence-electron chi connectivity index (χ4n) is 3.04. The summed E-state index contributed by atoms with van der Waals surface area (Å²) >= 11 is 0. The van der Waals surface area contributed by atoms with Crippen LogP contribution in [0.15, 0.2) is 77.9 Å². The van der Waals surface area contributed by atoms with E-state index in [9.17, 15) is 14.4 Å². The summed E-state index contributed by atoms with van der Waals surface area (Å²) in [7, 11) is 1.47. The Morgan fingerprint density at radius 3 is 2.40 bits per heavy atom. The minimum Gasteiger partial charge on any atom is -0.493 e. The molecule has 0 atom stereocenters. The summed E-state index contributed by atoms with van der Waals surface area (Å²) in [5, 5.41) is 9.16. The molecule has 3 aromatic carbocycles. The Balaban J connectivity index is 1.58. The van der Waals surface area contributed by atoms with Crippen molar-refractivity contribution in [2.75, 3.05) is 19.0 Å². The first-order valence-corrected chi connectivity index (χ1v) is 10.8. The van der Waals surface area contributed by atoms with Crippen LogP contribution in [0, 0.1) is 6.92 Å². The van der Waals surface area contributed by atoms with Crippen LogP contribution in [0.3, 0.4) is 0 Å². The van der Waals surface area contributed by atoms with Gasteiger partial charge in [0, 0.05) is 17.8 Å². The van der Waals surface area contributed by atoms with Gasteiger partial charge in [-0.3, -0.25) is 14.4 Å². The Bertz CT molecular complexity index is 1210. The van der Waals surface area contributed by atoms with E-state index in [1.165, 1.54) is 13.3 Å². The summed E-state index contributed by atoms with van der Waals surface area (Å²) < 4.78 is 11.0. The summed E-state index contributed by atoms with van der Waals surface area (Å²) in [6.07, 6.45) is 1.30. The second kappa shape index (κ2) is 12.5. The van der Waals surface area contributed by atoms with E-state index in [-0.39, 0.29) is 18.3 Å². The summed E-state index contributed by atoms with van der Waals surface area (Å²) in [5.41, 5.74) is 4.95. The van der Waals surface area contributed by atoms with Crippen molar-refractivity contribution in [1.29, 1.82) is 0 Å². The number of anilines is 1. The fourth-order valence-corrected chi connectivity index (χ4v) is 3.04. The molecule has 0 saturated heterocycles. The molecule has 0 unspecified atom stereocenters. The fraction of sp³-hybridized carbons (Fsp3) is 0.154. The highest BCUT2D eigenvalue weighted by atomic mass is 16.5. The molecule has 3 rings (SSSR count). The van der Waals surface area contributed by atoms with E-state index < -0.39 is 11.8 Å². The van der Waals surface area contributed by atoms with Gasteiger partial charge in [-0.2, -0.15) is 5.10 Å². The van der Waals surface area contributed by atoms with Crippen LogP contribution in [-0.4, -0.2) is 37.7 Å². The van der Waals surface area contributed by atoms with Crippen molar-refractivity contribution in [3.8, 4) is 11.5 Å². The maximum absolute atomic E-state index is 12.2. The third kappa shape index (κ3) is 7.43. The van der Waals surface area contributed by atoms with Gasteiger partial charge in [-0.15, -0.1) is 0 Å². The molecule has 35 heavy (non-hydrogen) atoms. The molecule has 0 aliphatic carbocycles. The number of nitrogens with one attached hydrogen (secondary N) is 3. The third-order valence-electron chi connectivity index (χ3n) is 4.88. The third-order valence-corrected chi connectivity index (χ3v) is 4.88. The van der Waals surface area contributed by atoms with Crippen LogP contribution in [0.4, 0.5) is 5.69 Å². The number of hydrogen-bond acceptors (Lipinski definition) is 6. The van der Waals surface area contributed by atoms with Crippen LogP contribution in [-0.2, 0) is 20.9 Å². The maximum atomic E-state index is 12.2. The van der Waals surface area contributed by atoms with Gasteiger partial charge in [0.25, 0.3) is 5.91 Å². The van der Waals surface area contributed by atoms with E-state index in [1.807, 2.05) is 49.4 Å². The highest BCUT2D eigenvalue weighted by molar-refractivity contribution is 6.39. The van der Waals surface area contributed by atoms with Crippen molar-refractivity contribution in [1.82, 2.24) is 10.7 Å². The first kappa shape index (κ1) is 25.0. The number of benzene rings is 3. The number of hydrazone groups is 1. The zero-order chi connectivity index (χ0) is 25.0. The Hall–Kier alpha value is -4.66. The number of carbonyl (C=O) groups excluding carboxylic acids is 3. The number of methoxy groups -OCH3 is 1. The Labute approximate surface area is 203 Å². The molecule has 0 fully saturated rings. The first-order valence-electron chi connectivity index (χ1n) is 10.8. The van der Waals surface area contributed by atoms with Gasteiger partial charge in [-0.25, -0.2) is 5.43 Å². The molecule has 9 nitrogen and oxygen atoms in total. The molecular weight excluding hydrogens is 448 g/mol. The van der Waals surface area contributed by atoms with Crippen LogP contribution < -0.4 is 25.5 Å². The van der Waals surface area contributed by atoms with E-state index in [0.717, 1.165) is 11.1 Å². The molecule has 0 aliphatic rings. The van der Waals surface area contributed by atoms with Crippen LogP contribution in [0.25, 0.3) is 0 Å². The lowest BCUT2D eigenvalue weighted by molar-refractivity contribution is -0.136. The molecule has 0 bridgehead atoms. The van der Waals surface area contributed by atoms with Crippen molar-refractivity contribution < 1.29 is 23.9 Å². The number of ether oxygens (including phenoxy) is 2. The number of amides is 3. The van der Waals surface area contributed by atoms with Crippen molar-refractivity contribution >= 4 is 29.6 Å². The molecule has 9 heteroatoms. The molecule has 0 saturated carbocycles. The number of nitrogens with zero attached hydrogens (tertiary/aromatic N) is 1. The normalized spacial score (nSPS) is 10.5. The van der Waals surface area contributed by atoms with Crippen molar-refractivity contribution in [3.63, 3.8) is 0 Å². The smallest absolute Gasteiger partial charge is 0.329 e. The second-order valence-corrected chi connectivity index (χ2v) is 7.40. The van der Waals surface area contributed by atoms with Crippen LogP contribution in [0.2, 0.25) is 0 Å². The van der Waals surface area contributed by atoms with E-state index in [1.54, 1.807) is 30.3 Å². The minimum atomic E-state index is -0.935. The van der Waals surface area contributed by atoms with Crippen LogP contribution in [0.5, 0.6) is 11.5 Å². The standard InChI is InChI=1S/C26H26N4O5/c1-18-9-6-7-13-21(18)29-25(32)26(33)30-28-16-20-12-8-14-22(34-2)24(20)35-17-23(31)27-15-19-10-4-3-5-11-19/h3-14,16H,15,17H2,1-2H3,(H,27,31)(H,29,32)(H,30,33)/b28-16-. The van der Waals surface area contributed by atoms with E-state index >= 15 is 0 Å². The van der Waals surface area contributed by atoms with Gasteiger partial charge in [0.05, 0.1) is 13.3 Å². The monoisotopic (exact) mass is 474 g/mol. The van der Waals surface area contributed by atoms with Gasteiger partial charge < -0.3 is 20.1 Å². The average molecular weight is 475 g/mol. The van der Waals surface area contributed by atoms with Gasteiger partial charge in [0.2, 0.25) is 0 Å². The molecule has 180 valence electrons. The summed E-state index contributed by atoms with van der Waals surface area (Å²) in [4.78, 5) is 36.5. The van der Waals surface area contributed by atoms with Gasteiger partial charge in [-0.1, -0.05) is 54.6 Å². The summed E-state index contributed by atoms with van der Waals surface area (Å²) in [6.45, 7) is 1.94. The predicted octanol–water partition coefficient (Wildman–Crippen LogP) is 2.79. The van der Waals surface area contributed by atoms with E-state index in [2.05, 4.69) is 21.2 Å². The van der Waals surface area contributed by atoms with Crippen molar-refractivity contribution in [2.45, 2.75) is 13.5 Å². The zero-order valence-electron chi connectivity index (χ0n) is 19.4. The number of rotatable bonds is 9. The molecule has 3 N–H and O–H groups in total. The Morgan fingerprint density at radius 2 is 1.66 bits per heavy atom. The van der Waals surface area contributed by atoms with E-state index in [0.29, 0.717) is 23.5 Å². The highest BCUT2D eigenvalue weighted by Gasteiger charge is 2.15. The molecule has 0 aromatic heterocycles. The number of aryl methyl sites for hydroxylation is 1. The summed E-state index contributed by atoms with van der Waals surface area (Å²) in [6, 6.07) is 21.6. The van der Waals surface area contributed by atoms with Gasteiger partial charge in [-0.05, 0) is 36.2 Å². The molecule has 0 radical (unpaired) electrons. The second-order valence-electron chi connectivity index (χ2n) is 7.40. The van der Waals surface area contributed by atoms with E-state index in [4.69, 9.17) is 9.47 Å². The molecular formula is C26H26N4O5. The van der Waals surface area contributed by atoms with Crippen molar-refractivity contribution in [2.24, 2.45) is 5.10 Å². The number of hydrogen-bond donors (Lipinski definition) is 3. The highest BCUT2D eigenvalue weighted by Crippen LogP contribution is 2.30. The molecule has 0 aliphatic heterocycles. The predicted molar refractivity (Wildman–Crippen MR) is 132 cm³/mol. The zero-order valence-corrected chi connectivity index (χ0v) is 19.4. The molecule has 3 amide bonds. The lowest BCUT2D eigenvalue weighted by Crippen LogP contribution is -2.32. The van der Waals surface area contributed by atoms with Crippen molar-refractivity contribution in [3.05, 3.63) is 89.5 Å². The Kier molecular flexibility index (Phi) is 8.95. The Morgan fingerprint density at radius 1 is 0.914 bits per heavy atom. The molecule has 3 aromatic rings.